The minimum absolute atomic E-state index is 0.0876. The summed E-state index contributed by atoms with van der Waals surface area (Å²) in [6.07, 6.45) is 5.57. The topological polar surface area (TPSA) is 206 Å². The molecule has 2 heterocycles. The number of pyridine rings is 1. The molecule has 378 valence electrons. The number of fused-ring (bicyclic) bond motifs is 8. The largest absolute Gasteiger partial charge is 0.457 e. The Hall–Kier alpha value is -6.62. The number of alkyl halides is 1. The Morgan fingerprint density at radius 1 is 0.917 bits per heavy atom. The van der Waals surface area contributed by atoms with Crippen LogP contribution in [0, 0.1) is 22.7 Å². The molecule has 4 aliphatic carbocycles. The van der Waals surface area contributed by atoms with Gasteiger partial charge in [0.05, 0.1) is 29.3 Å². The first kappa shape index (κ1) is 50.3. The number of ether oxygens (including phenoxy) is 5. The zero-order valence-corrected chi connectivity index (χ0v) is 41.4. The van der Waals surface area contributed by atoms with Gasteiger partial charge < -0.3 is 39.4 Å². The van der Waals surface area contributed by atoms with Crippen LogP contribution in [0.1, 0.15) is 112 Å². The molecule has 2 amide bonds. The molecule has 4 aromatic rings. The first-order valence-corrected chi connectivity index (χ1v) is 24.3. The zero-order valence-electron chi connectivity index (χ0n) is 41.4. The summed E-state index contributed by atoms with van der Waals surface area (Å²) < 4.78 is 47.7. The van der Waals surface area contributed by atoms with Crippen LogP contribution in [0.4, 0.5) is 14.9 Å². The van der Waals surface area contributed by atoms with E-state index in [0.717, 1.165) is 10.8 Å². The molecule has 4 fully saturated rings. The van der Waals surface area contributed by atoms with Crippen LogP contribution in [0.2, 0.25) is 0 Å². The van der Waals surface area contributed by atoms with E-state index in [1.165, 1.54) is 24.3 Å². The average Bonchev–Trinajstić information content (AvgIpc) is 3.74. The molecule has 3 N–H and O–H groups in total. The number of ketones is 2. The SMILES string of the molecule is CC(C)(C)OC(=O)NC[C@@H](C(=O)Nc1ccc2cnccc2c1)c1ccc(COC(=O)c2ccccc2C(=O)OCC(=O)[C@@]23OC(C)(C)O[C@@H]2C[C@H]2[C@@H]4CCC5=CC(=O)C=C[C@]5(C)[C@@]4(F)[C@@H](O)C[C@@]23C)cc1. The molecule has 9 atom stereocenters. The second-order valence-corrected chi connectivity index (χ2v) is 21.6. The fourth-order valence-electron chi connectivity index (χ4n) is 12.3. The molecule has 1 aromatic heterocycles. The van der Waals surface area contributed by atoms with E-state index >= 15 is 4.39 Å². The van der Waals surface area contributed by atoms with Gasteiger partial charge in [-0.2, -0.15) is 0 Å². The number of esters is 2. The van der Waals surface area contributed by atoms with Crippen molar-refractivity contribution >= 4 is 52.0 Å². The van der Waals surface area contributed by atoms with Gasteiger partial charge in [-0.15, -0.1) is 0 Å². The number of anilines is 1. The number of rotatable bonds is 12. The Labute approximate surface area is 416 Å². The Kier molecular flexibility index (Phi) is 12.9. The van der Waals surface area contributed by atoms with Crippen LogP contribution in [-0.4, -0.2) is 93.6 Å². The fraction of sp³-hybridized carbons (Fsp3) is 0.446. The van der Waals surface area contributed by atoms with E-state index in [9.17, 15) is 33.9 Å². The first-order valence-electron chi connectivity index (χ1n) is 24.3. The van der Waals surface area contributed by atoms with Crippen LogP contribution < -0.4 is 10.6 Å². The van der Waals surface area contributed by atoms with E-state index in [0.29, 0.717) is 35.2 Å². The number of aliphatic hydroxyl groups is 1. The lowest BCUT2D eigenvalue weighted by Gasteiger charge is -2.62. The molecule has 0 bridgehead atoms. The Morgan fingerprint density at radius 3 is 2.33 bits per heavy atom. The minimum atomic E-state index is -2.15. The fourth-order valence-corrected chi connectivity index (χ4v) is 12.3. The number of amides is 2. The highest BCUT2D eigenvalue weighted by Gasteiger charge is 2.80. The summed E-state index contributed by atoms with van der Waals surface area (Å²) in [5.74, 6) is -6.33. The number of aromatic nitrogens is 1. The van der Waals surface area contributed by atoms with E-state index < -0.39 is 93.9 Å². The number of benzene rings is 3. The number of Topliss-reactive ketones (excluding diaryl/α,β-unsaturated/α-hetero) is 1. The van der Waals surface area contributed by atoms with Crippen LogP contribution in [0.5, 0.6) is 0 Å². The number of aliphatic hydroxyl groups excluding tert-OH is 1. The van der Waals surface area contributed by atoms with Crippen molar-refractivity contribution in [1.29, 1.82) is 0 Å². The highest BCUT2D eigenvalue weighted by atomic mass is 19.1. The third kappa shape index (κ3) is 8.80. The molecule has 1 saturated heterocycles. The molecule has 16 heteroatoms. The molecule has 15 nitrogen and oxygen atoms in total. The Balaban J connectivity index is 0.872. The van der Waals surface area contributed by atoms with Gasteiger partial charge in [0, 0.05) is 46.8 Å². The van der Waals surface area contributed by atoms with Crippen molar-refractivity contribution in [3.8, 4) is 0 Å². The summed E-state index contributed by atoms with van der Waals surface area (Å²) in [7, 11) is 0. The van der Waals surface area contributed by atoms with E-state index in [1.54, 1.807) is 102 Å². The lowest BCUT2D eigenvalue weighted by Crippen LogP contribution is -2.70. The van der Waals surface area contributed by atoms with Gasteiger partial charge in [0.15, 0.2) is 29.4 Å². The molecule has 0 unspecified atom stereocenters. The normalized spacial score (nSPS) is 29.3. The predicted octanol–water partition coefficient (Wildman–Crippen LogP) is 8.44. The van der Waals surface area contributed by atoms with Gasteiger partial charge in [-0.3, -0.25) is 19.4 Å². The molecular weight excluding hydrogens is 926 g/mol. The number of halogens is 1. The number of alkyl carbamates (subject to hydrolysis) is 1. The third-order valence-corrected chi connectivity index (χ3v) is 15.6. The van der Waals surface area contributed by atoms with Gasteiger partial charge in [0.25, 0.3) is 0 Å². The second-order valence-electron chi connectivity index (χ2n) is 21.6. The lowest BCUT2D eigenvalue weighted by molar-refractivity contribution is -0.246. The zero-order chi connectivity index (χ0) is 51.6. The smallest absolute Gasteiger partial charge is 0.407 e. The molecule has 72 heavy (non-hydrogen) atoms. The molecule has 3 aromatic carbocycles. The van der Waals surface area contributed by atoms with E-state index in [2.05, 4.69) is 15.6 Å². The van der Waals surface area contributed by atoms with Crippen molar-refractivity contribution in [2.45, 2.75) is 122 Å². The molecule has 0 spiro atoms. The van der Waals surface area contributed by atoms with Crippen molar-refractivity contribution in [2.24, 2.45) is 22.7 Å². The standard InChI is InChI=1S/C56H60FN3O12/c1-51(2,3)71-50(67)59-29-41(47(64)60-37-18-16-35-28-58-23-21-34(35)24-37)33-14-12-32(13-15-33)30-68-48(65)39-10-8-9-11-40(39)49(66)69-31-45(63)56-46(70-52(4,5)72-56)26-43-42-19-17-36-25-38(61)20-22-53(36,6)55(42,57)44(62)27-54(43,56)7/h8-16,18,20-25,28,41-44,46,62H,17,19,26-27,29-31H2,1-7H3,(H,59,67)(H,60,64)/t41-,42+,43+,44+,46-,53+,54+,55+,56-/m1/s1. The predicted molar refractivity (Wildman–Crippen MR) is 261 cm³/mol. The maximum atomic E-state index is 17.9. The highest BCUT2D eigenvalue weighted by molar-refractivity contribution is 6.04. The van der Waals surface area contributed by atoms with Crippen LogP contribution in [-0.2, 0) is 44.7 Å². The van der Waals surface area contributed by atoms with Crippen LogP contribution >= 0.6 is 0 Å². The molecule has 9 rings (SSSR count). The molecule has 5 aliphatic rings. The number of carbonyl (C=O) groups excluding carboxylic acids is 6. The Morgan fingerprint density at radius 2 is 1.62 bits per heavy atom. The summed E-state index contributed by atoms with van der Waals surface area (Å²) in [6.45, 7) is 11.0. The minimum Gasteiger partial charge on any atom is -0.457 e. The van der Waals surface area contributed by atoms with Crippen molar-refractivity contribution in [3.05, 3.63) is 131 Å². The molecule has 1 aliphatic heterocycles. The maximum absolute atomic E-state index is 17.9. The van der Waals surface area contributed by atoms with Gasteiger partial charge in [-0.1, -0.05) is 61.0 Å². The monoisotopic (exact) mass is 985 g/mol. The van der Waals surface area contributed by atoms with Crippen molar-refractivity contribution in [1.82, 2.24) is 10.3 Å². The van der Waals surface area contributed by atoms with Crippen LogP contribution in [0.3, 0.4) is 0 Å². The summed E-state index contributed by atoms with van der Waals surface area (Å²) in [6, 6.07) is 19.9. The second kappa shape index (κ2) is 18.5. The van der Waals surface area contributed by atoms with Gasteiger partial charge in [-0.25, -0.2) is 18.8 Å². The summed E-state index contributed by atoms with van der Waals surface area (Å²) >= 11 is 0. The number of carbonyl (C=O) groups is 6. The van der Waals surface area contributed by atoms with E-state index in [-0.39, 0.29) is 48.8 Å². The first-order chi connectivity index (χ1) is 34.0. The molecular formula is C56H60FN3O12. The summed E-state index contributed by atoms with van der Waals surface area (Å²) in [5.41, 5.74) is -4.98. The van der Waals surface area contributed by atoms with Gasteiger partial charge in [0.1, 0.15) is 12.2 Å². The highest BCUT2D eigenvalue weighted by Crippen LogP contribution is 2.72. The third-order valence-electron chi connectivity index (χ3n) is 15.6. The van der Waals surface area contributed by atoms with Gasteiger partial charge in [0.2, 0.25) is 11.7 Å². The summed E-state index contributed by atoms with van der Waals surface area (Å²) in [4.78, 5) is 85.2. The Bertz CT molecular complexity index is 2930. The number of nitrogens with one attached hydrogen (secondary N) is 2. The van der Waals surface area contributed by atoms with Gasteiger partial charge in [-0.05, 0) is 132 Å². The van der Waals surface area contributed by atoms with Crippen molar-refractivity contribution in [2.75, 3.05) is 18.5 Å². The van der Waals surface area contributed by atoms with E-state index in [1.807, 2.05) is 25.1 Å². The van der Waals surface area contributed by atoms with Gasteiger partial charge >= 0.3 is 18.0 Å². The van der Waals surface area contributed by atoms with Crippen LogP contribution in [0.25, 0.3) is 10.8 Å². The number of nitrogens with zero attached hydrogens (tertiary/aromatic N) is 1. The van der Waals surface area contributed by atoms with Crippen LogP contribution in [0.15, 0.2) is 109 Å². The number of hydrogen-bond acceptors (Lipinski definition) is 13. The maximum Gasteiger partial charge on any atom is 0.407 e. The van der Waals surface area contributed by atoms with Crippen molar-refractivity contribution < 1.29 is 61.9 Å². The number of hydrogen-bond donors (Lipinski definition) is 3. The van der Waals surface area contributed by atoms with E-state index in [4.69, 9.17) is 23.7 Å². The molecule has 0 radical (unpaired) electrons. The van der Waals surface area contributed by atoms with Crippen molar-refractivity contribution in [3.63, 3.8) is 0 Å². The number of allylic oxidation sites excluding steroid dienone is 4. The quantitative estimate of drug-likeness (QED) is 0.0902. The molecule has 3 saturated carbocycles. The lowest BCUT2D eigenvalue weighted by atomic mass is 9.44. The summed E-state index contributed by atoms with van der Waals surface area (Å²) in [5, 5.41) is 19.4. The average molecular weight is 986 g/mol.